The highest BCUT2D eigenvalue weighted by molar-refractivity contribution is 7.99. The van der Waals surface area contributed by atoms with E-state index in [-0.39, 0.29) is 11.4 Å². The summed E-state index contributed by atoms with van der Waals surface area (Å²) in [4.78, 5) is 4.61. The van der Waals surface area contributed by atoms with E-state index in [0.29, 0.717) is 10.1 Å². The molecule has 0 atom stereocenters. The van der Waals surface area contributed by atoms with Crippen LogP contribution in [0.4, 0.5) is 4.39 Å². The lowest BCUT2D eigenvalue weighted by atomic mass is 10.2. The summed E-state index contributed by atoms with van der Waals surface area (Å²) in [7, 11) is 0. The summed E-state index contributed by atoms with van der Waals surface area (Å²) in [5.74, 6) is -0.834. The molecule has 0 amide bonds. The Kier molecular flexibility index (Phi) is 3.14. The van der Waals surface area contributed by atoms with E-state index in [4.69, 9.17) is 15.6 Å². The van der Waals surface area contributed by atoms with Crippen molar-refractivity contribution in [3.05, 3.63) is 41.5 Å². The van der Waals surface area contributed by atoms with Crippen LogP contribution in [0.2, 0.25) is 0 Å². The zero-order valence-electron chi connectivity index (χ0n) is 9.03. The fourth-order valence-corrected chi connectivity index (χ4v) is 2.25. The van der Waals surface area contributed by atoms with E-state index in [9.17, 15) is 4.39 Å². The Morgan fingerprint density at radius 3 is 2.88 bits per heavy atom. The minimum Gasteiger partial charge on any atom is -0.439 e. The summed E-state index contributed by atoms with van der Waals surface area (Å²) in [5.41, 5.74) is 6.17. The van der Waals surface area contributed by atoms with Crippen molar-refractivity contribution in [3.63, 3.8) is 0 Å². The number of hydrogen-bond donors (Lipinski definition) is 2. The minimum absolute atomic E-state index is 0.0772. The first kappa shape index (κ1) is 11.7. The Balaban J connectivity index is 2.39. The van der Waals surface area contributed by atoms with Crippen LogP contribution in [-0.2, 0) is 0 Å². The quantitative estimate of drug-likeness (QED) is 0.649. The van der Waals surface area contributed by atoms with Crippen LogP contribution in [0.5, 0.6) is 0 Å². The van der Waals surface area contributed by atoms with Gasteiger partial charge in [0, 0.05) is 4.90 Å². The van der Waals surface area contributed by atoms with Gasteiger partial charge in [0.15, 0.2) is 0 Å². The summed E-state index contributed by atoms with van der Waals surface area (Å²) in [5, 5.41) is 7.76. The van der Waals surface area contributed by atoms with Gasteiger partial charge in [-0.3, -0.25) is 5.41 Å². The fraction of sp³-hybridized carbons (Fsp3) is 0.0909. The third-order valence-corrected chi connectivity index (χ3v) is 2.96. The maximum Gasteiger partial charge on any atom is 0.260 e. The summed E-state index contributed by atoms with van der Waals surface area (Å²) in [6.07, 6.45) is 1.51. The SMILES string of the molecule is Cc1coc(Sc2cccc(F)c2C(=N)N)n1. The van der Waals surface area contributed by atoms with E-state index < -0.39 is 5.82 Å². The number of halogens is 1. The zero-order chi connectivity index (χ0) is 12.4. The predicted octanol–water partition coefficient (Wildman–Crippen LogP) is 2.56. The molecule has 1 aromatic carbocycles. The molecule has 2 rings (SSSR count). The number of nitrogens with two attached hydrogens (primary N) is 1. The number of nitrogens with zero attached hydrogens (tertiary/aromatic N) is 1. The largest absolute Gasteiger partial charge is 0.439 e. The zero-order valence-corrected chi connectivity index (χ0v) is 9.84. The molecule has 3 N–H and O–H groups in total. The van der Waals surface area contributed by atoms with Gasteiger partial charge >= 0.3 is 0 Å². The lowest BCUT2D eigenvalue weighted by Gasteiger charge is -2.06. The highest BCUT2D eigenvalue weighted by atomic mass is 32.2. The number of rotatable bonds is 3. The van der Waals surface area contributed by atoms with Gasteiger partial charge in [-0.05, 0) is 30.8 Å². The topological polar surface area (TPSA) is 75.9 Å². The molecule has 0 unspecified atom stereocenters. The second-order valence-corrected chi connectivity index (χ2v) is 4.38. The molecule has 4 nitrogen and oxygen atoms in total. The van der Waals surface area contributed by atoms with E-state index >= 15 is 0 Å². The molecule has 0 saturated carbocycles. The Labute approximate surface area is 102 Å². The molecule has 0 saturated heterocycles. The molecule has 0 aliphatic rings. The average molecular weight is 251 g/mol. The van der Waals surface area contributed by atoms with E-state index in [1.54, 1.807) is 19.1 Å². The van der Waals surface area contributed by atoms with Crippen molar-refractivity contribution in [2.45, 2.75) is 17.0 Å². The van der Waals surface area contributed by atoms with Gasteiger partial charge in [0.25, 0.3) is 5.22 Å². The first-order chi connectivity index (χ1) is 8.08. The normalized spacial score (nSPS) is 10.5. The van der Waals surface area contributed by atoms with Gasteiger partial charge in [-0.15, -0.1) is 0 Å². The highest BCUT2D eigenvalue weighted by Crippen LogP contribution is 2.30. The molecule has 0 bridgehead atoms. The molecule has 0 radical (unpaired) electrons. The van der Waals surface area contributed by atoms with Gasteiger partial charge in [0.1, 0.15) is 17.9 Å². The number of benzene rings is 1. The molecular formula is C11H10FN3OS. The molecule has 0 aliphatic heterocycles. The van der Waals surface area contributed by atoms with Crippen LogP contribution in [0.15, 0.2) is 39.0 Å². The van der Waals surface area contributed by atoms with Gasteiger partial charge in [-0.25, -0.2) is 9.37 Å². The van der Waals surface area contributed by atoms with E-state index in [1.165, 1.54) is 12.3 Å². The van der Waals surface area contributed by atoms with Crippen LogP contribution in [-0.4, -0.2) is 10.8 Å². The van der Waals surface area contributed by atoms with Crippen molar-refractivity contribution in [1.82, 2.24) is 4.98 Å². The lowest BCUT2D eigenvalue weighted by molar-refractivity contribution is 0.454. The molecule has 0 spiro atoms. The molecule has 0 fully saturated rings. The second-order valence-electron chi connectivity index (χ2n) is 3.38. The minimum atomic E-state index is -0.522. The maximum atomic E-state index is 13.5. The highest BCUT2D eigenvalue weighted by Gasteiger charge is 2.14. The van der Waals surface area contributed by atoms with Crippen molar-refractivity contribution >= 4 is 17.6 Å². The standard InChI is InChI=1S/C11H10FN3OS/c1-6-5-16-11(15-6)17-8-4-2-3-7(12)9(8)10(13)14/h2-5H,1H3,(H3,13,14). The number of oxazole rings is 1. The van der Waals surface area contributed by atoms with Gasteiger partial charge in [-0.2, -0.15) is 0 Å². The second kappa shape index (κ2) is 4.58. The van der Waals surface area contributed by atoms with E-state index in [0.717, 1.165) is 17.5 Å². The Bertz CT molecular complexity index is 568. The first-order valence-electron chi connectivity index (χ1n) is 4.81. The van der Waals surface area contributed by atoms with Crippen molar-refractivity contribution in [2.24, 2.45) is 5.73 Å². The first-order valence-corrected chi connectivity index (χ1v) is 5.62. The maximum absolute atomic E-state index is 13.5. The third kappa shape index (κ3) is 2.47. The predicted molar refractivity (Wildman–Crippen MR) is 62.8 cm³/mol. The van der Waals surface area contributed by atoms with Crippen LogP contribution in [0.25, 0.3) is 0 Å². The number of hydrogen-bond acceptors (Lipinski definition) is 4. The smallest absolute Gasteiger partial charge is 0.260 e. The Hall–Kier alpha value is -1.82. The molecule has 6 heteroatoms. The van der Waals surface area contributed by atoms with Crippen LogP contribution in [0.3, 0.4) is 0 Å². The van der Waals surface area contributed by atoms with Crippen LogP contribution in [0, 0.1) is 18.2 Å². The van der Waals surface area contributed by atoms with Gasteiger partial charge in [-0.1, -0.05) is 6.07 Å². The molecule has 0 aliphatic carbocycles. The van der Waals surface area contributed by atoms with Gasteiger partial charge in [0.2, 0.25) is 0 Å². The van der Waals surface area contributed by atoms with Crippen molar-refractivity contribution < 1.29 is 8.81 Å². The molecular weight excluding hydrogens is 241 g/mol. The molecule has 2 aromatic rings. The van der Waals surface area contributed by atoms with E-state index in [2.05, 4.69) is 4.98 Å². The monoisotopic (exact) mass is 251 g/mol. The average Bonchev–Trinajstić information content (AvgIpc) is 2.63. The molecule has 88 valence electrons. The van der Waals surface area contributed by atoms with Crippen molar-refractivity contribution in [3.8, 4) is 0 Å². The van der Waals surface area contributed by atoms with Crippen LogP contribution in [0.1, 0.15) is 11.3 Å². The molecule has 17 heavy (non-hydrogen) atoms. The summed E-state index contributed by atoms with van der Waals surface area (Å²) >= 11 is 1.14. The van der Waals surface area contributed by atoms with Crippen molar-refractivity contribution in [1.29, 1.82) is 5.41 Å². The summed E-state index contributed by atoms with van der Waals surface area (Å²) in [6, 6.07) is 4.49. The lowest BCUT2D eigenvalue weighted by Crippen LogP contribution is -2.14. The number of nitrogens with one attached hydrogen (secondary N) is 1. The third-order valence-electron chi connectivity index (χ3n) is 2.04. The van der Waals surface area contributed by atoms with Crippen LogP contribution >= 0.6 is 11.8 Å². The summed E-state index contributed by atoms with van der Waals surface area (Å²) < 4.78 is 18.7. The van der Waals surface area contributed by atoms with Gasteiger partial charge < -0.3 is 10.2 Å². The van der Waals surface area contributed by atoms with Crippen LogP contribution < -0.4 is 5.73 Å². The molecule has 1 aromatic heterocycles. The Morgan fingerprint density at radius 1 is 1.53 bits per heavy atom. The fourth-order valence-electron chi connectivity index (χ4n) is 1.32. The van der Waals surface area contributed by atoms with Gasteiger partial charge in [0.05, 0.1) is 11.3 Å². The number of aromatic nitrogens is 1. The molecule has 1 heterocycles. The van der Waals surface area contributed by atoms with Crippen molar-refractivity contribution in [2.75, 3.05) is 0 Å². The number of aryl methyl sites for hydroxylation is 1. The number of amidine groups is 1. The van der Waals surface area contributed by atoms with E-state index in [1.807, 2.05) is 0 Å². The summed E-state index contributed by atoms with van der Waals surface area (Å²) in [6.45, 7) is 1.80. The number of nitrogen functional groups attached to an aromatic ring is 1. The Morgan fingerprint density at radius 2 is 2.29 bits per heavy atom.